The molecular formula is C35H26O3. The molecule has 0 spiro atoms. The van der Waals surface area contributed by atoms with Crippen molar-refractivity contribution in [1.29, 1.82) is 0 Å². The van der Waals surface area contributed by atoms with Crippen LogP contribution in [-0.2, 0) is 6.42 Å². The van der Waals surface area contributed by atoms with Crippen molar-refractivity contribution in [3.05, 3.63) is 166 Å². The van der Waals surface area contributed by atoms with Gasteiger partial charge < -0.3 is 0 Å². The summed E-state index contributed by atoms with van der Waals surface area (Å²) in [6.07, 6.45) is 0.858. The highest BCUT2D eigenvalue weighted by molar-refractivity contribution is 6.28. The first kappa shape index (κ1) is 24.8. The van der Waals surface area contributed by atoms with Gasteiger partial charge in [0, 0.05) is 33.4 Å². The van der Waals surface area contributed by atoms with Crippen molar-refractivity contribution < 1.29 is 14.4 Å². The Balaban J connectivity index is 0.000000156. The van der Waals surface area contributed by atoms with Gasteiger partial charge in [-0.15, -0.1) is 0 Å². The van der Waals surface area contributed by atoms with E-state index in [4.69, 9.17) is 0 Å². The third kappa shape index (κ3) is 5.00. The van der Waals surface area contributed by atoms with E-state index in [1.807, 2.05) is 91.9 Å². The van der Waals surface area contributed by atoms with Gasteiger partial charge in [0.25, 0.3) is 0 Å². The topological polar surface area (TPSA) is 51.2 Å². The predicted octanol–water partition coefficient (Wildman–Crippen LogP) is 7.61. The van der Waals surface area contributed by atoms with E-state index in [-0.39, 0.29) is 17.3 Å². The first-order chi connectivity index (χ1) is 18.6. The van der Waals surface area contributed by atoms with E-state index < -0.39 is 0 Å². The van der Waals surface area contributed by atoms with Crippen molar-refractivity contribution in [2.45, 2.75) is 13.3 Å². The fourth-order valence-electron chi connectivity index (χ4n) is 4.57. The maximum absolute atomic E-state index is 12.4. The average molecular weight is 495 g/mol. The minimum absolute atomic E-state index is 0.0458. The first-order valence-electron chi connectivity index (χ1n) is 12.6. The summed E-state index contributed by atoms with van der Waals surface area (Å²) in [6, 6.07) is 39.8. The number of benzene rings is 5. The molecule has 5 aromatic carbocycles. The Kier molecular flexibility index (Phi) is 7.19. The van der Waals surface area contributed by atoms with Crippen molar-refractivity contribution in [3.63, 3.8) is 0 Å². The van der Waals surface area contributed by atoms with Gasteiger partial charge in [0.1, 0.15) is 0 Å². The second-order valence-corrected chi connectivity index (χ2v) is 9.08. The highest BCUT2D eigenvalue weighted by Crippen LogP contribution is 2.28. The number of hydrogen-bond donors (Lipinski definition) is 0. The van der Waals surface area contributed by atoms with Crippen LogP contribution in [0.3, 0.4) is 0 Å². The van der Waals surface area contributed by atoms with E-state index in [1.54, 1.807) is 30.3 Å². The lowest BCUT2D eigenvalue weighted by Crippen LogP contribution is -2.20. The molecule has 0 unspecified atom stereocenters. The maximum atomic E-state index is 12.4. The van der Waals surface area contributed by atoms with Crippen LogP contribution >= 0.6 is 0 Å². The van der Waals surface area contributed by atoms with Crippen molar-refractivity contribution in [2.24, 2.45) is 0 Å². The highest BCUT2D eigenvalue weighted by Gasteiger charge is 2.29. The molecule has 0 saturated carbocycles. The summed E-state index contributed by atoms with van der Waals surface area (Å²) in [6.45, 7) is 2.03. The summed E-state index contributed by atoms with van der Waals surface area (Å²) in [7, 11) is 0. The summed E-state index contributed by atoms with van der Waals surface area (Å²) in [5, 5.41) is 0. The summed E-state index contributed by atoms with van der Waals surface area (Å²) >= 11 is 0. The minimum atomic E-state index is -0.0529. The third-order valence-electron chi connectivity index (χ3n) is 6.69. The number of hydrogen-bond acceptors (Lipinski definition) is 3. The van der Waals surface area contributed by atoms with Gasteiger partial charge in [-0.1, -0.05) is 128 Å². The zero-order valence-electron chi connectivity index (χ0n) is 21.1. The molecule has 3 heteroatoms. The molecule has 1 aliphatic carbocycles. The van der Waals surface area contributed by atoms with Gasteiger partial charge in [0.2, 0.25) is 0 Å². The molecule has 0 radical (unpaired) electrons. The van der Waals surface area contributed by atoms with Crippen molar-refractivity contribution in [2.75, 3.05) is 0 Å². The Bertz CT molecular complexity index is 1620. The van der Waals surface area contributed by atoms with Gasteiger partial charge >= 0.3 is 0 Å². The van der Waals surface area contributed by atoms with Gasteiger partial charge in [-0.25, -0.2) is 0 Å². The van der Waals surface area contributed by atoms with Crippen LogP contribution < -0.4 is 0 Å². The van der Waals surface area contributed by atoms with Crippen LogP contribution in [0.15, 0.2) is 127 Å². The van der Waals surface area contributed by atoms with Gasteiger partial charge in [-0.05, 0) is 29.2 Å². The second-order valence-electron chi connectivity index (χ2n) is 9.08. The molecule has 0 aliphatic heterocycles. The fourth-order valence-corrected chi connectivity index (χ4v) is 4.57. The number of rotatable bonds is 4. The molecule has 0 atom stereocenters. The van der Waals surface area contributed by atoms with E-state index in [2.05, 4.69) is 12.1 Å². The Labute approximate surface area is 222 Å². The fraction of sp³-hybridized carbons (Fsp3) is 0.0571. The van der Waals surface area contributed by atoms with Gasteiger partial charge in [0.05, 0.1) is 0 Å². The largest absolute Gasteiger partial charge is 0.289 e. The van der Waals surface area contributed by atoms with E-state index in [0.29, 0.717) is 22.3 Å². The van der Waals surface area contributed by atoms with Crippen molar-refractivity contribution in [1.82, 2.24) is 0 Å². The van der Waals surface area contributed by atoms with Crippen LogP contribution in [0.5, 0.6) is 0 Å². The van der Waals surface area contributed by atoms with E-state index >= 15 is 0 Å². The SMILES string of the molecule is CCc1ccc2c(c1)C(=O)c1ccccc1C2=O.O=C(c1ccccc1)c1ccc(-c2ccccc2)cc1. The molecule has 3 nitrogen and oxygen atoms in total. The van der Waals surface area contributed by atoms with Gasteiger partial charge in [-0.3, -0.25) is 14.4 Å². The van der Waals surface area contributed by atoms with Crippen LogP contribution in [0.2, 0.25) is 0 Å². The molecule has 0 aromatic heterocycles. The standard InChI is InChI=1S/C19H14O.C16H12O2/c20-19(17-9-5-2-6-10-17)18-13-11-16(12-14-18)15-7-3-1-4-8-15;1-2-10-7-8-13-14(9-10)16(18)12-6-4-3-5-11(12)15(13)17/h1-14H;3-9H,2H2,1H3. The number of aryl methyl sites for hydroxylation is 1. The Morgan fingerprint density at radius 2 is 0.974 bits per heavy atom. The summed E-state index contributed by atoms with van der Waals surface area (Å²) in [5.74, 6) is -0.0384. The Morgan fingerprint density at radius 1 is 0.500 bits per heavy atom. The molecule has 184 valence electrons. The van der Waals surface area contributed by atoms with E-state index in [9.17, 15) is 14.4 Å². The first-order valence-corrected chi connectivity index (χ1v) is 12.6. The normalized spacial score (nSPS) is 11.6. The predicted molar refractivity (Wildman–Crippen MR) is 151 cm³/mol. The molecule has 1 aliphatic rings. The zero-order chi connectivity index (χ0) is 26.5. The van der Waals surface area contributed by atoms with Crippen molar-refractivity contribution >= 4 is 17.3 Å². The molecule has 0 amide bonds. The summed E-state index contributed by atoms with van der Waals surface area (Å²) in [4.78, 5) is 37.0. The molecular weight excluding hydrogens is 468 g/mol. The molecule has 0 heterocycles. The molecule has 5 aromatic rings. The highest BCUT2D eigenvalue weighted by atomic mass is 16.1. The second kappa shape index (κ2) is 11.0. The van der Waals surface area contributed by atoms with Crippen LogP contribution in [0.25, 0.3) is 11.1 Å². The van der Waals surface area contributed by atoms with E-state index in [0.717, 1.165) is 34.2 Å². The smallest absolute Gasteiger partial charge is 0.194 e. The summed E-state index contributed by atoms with van der Waals surface area (Å²) in [5.41, 5.74) is 6.89. The minimum Gasteiger partial charge on any atom is -0.289 e. The lowest BCUT2D eigenvalue weighted by atomic mass is 9.83. The third-order valence-corrected chi connectivity index (χ3v) is 6.69. The van der Waals surface area contributed by atoms with Crippen LogP contribution in [0.1, 0.15) is 60.3 Å². The number of ketones is 3. The molecule has 6 rings (SSSR count). The Morgan fingerprint density at radius 3 is 1.58 bits per heavy atom. The van der Waals surface area contributed by atoms with Crippen LogP contribution in [-0.4, -0.2) is 17.3 Å². The summed E-state index contributed by atoms with van der Waals surface area (Å²) < 4.78 is 0. The number of carbonyl (C=O) groups is 3. The maximum Gasteiger partial charge on any atom is 0.194 e. The van der Waals surface area contributed by atoms with Crippen LogP contribution in [0.4, 0.5) is 0 Å². The van der Waals surface area contributed by atoms with E-state index in [1.165, 1.54) is 0 Å². The lowest BCUT2D eigenvalue weighted by molar-refractivity contribution is 0.0979. The number of fused-ring (bicyclic) bond motifs is 2. The van der Waals surface area contributed by atoms with Gasteiger partial charge in [0.15, 0.2) is 17.3 Å². The molecule has 0 saturated heterocycles. The number of carbonyl (C=O) groups excluding carboxylic acids is 3. The van der Waals surface area contributed by atoms with Gasteiger partial charge in [-0.2, -0.15) is 0 Å². The molecule has 38 heavy (non-hydrogen) atoms. The Hall–Kier alpha value is -4.89. The van der Waals surface area contributed by atoms with Crippen molar-refractivity contribution in [3.8, 4) is 11.1 Å². The monoisotopic (exact) mass is 494 g/mol. The molecule has 0 N–H and O–H groups in total. The van der Waals surface area contributed by atoms with Crippen LogP contribution in [0, 0.1) is 0 Å². The average Bonchev–Trinajstić information content (AvgIpc) is 3.00. The molecule has 0 bridgehead atoms. The quantitative estimate of drug-likeness (QED) is 0.237. The lowest BCUT2D eigenvalue weighted by Gasteiger charge is -2.17. The molecule has 0 fully saturated rings. The zero-order valence-corrected chi connectivity index (χ0v) is 21.1.